The van der Waals surface area contributed by atoms with Crippen LogP contribution >= 0.6 is 0 Å². The van der Waals surface area contributed by atoms with Gasteiger partial charge in [0.1, 0.15) is 0 Å². The van der Waals surface area contributed by atoms with Gasteiger partial charge in [0.25, 0.3) is 0 Å². The van der Waals surface area contributed by atoms with Crippen LogP contribution in [0.5, 0.6) is 11.5 Å². The van der Waals surface area contributed by atoms with Crippen molar-refractivity contribution in [3.63, 3.8) is 0 Å². The number of aromatic nitrogens is 3. The van der Waals surface area contributed by atoms with E-state index < -0.39 is 0 Å². The first-order valence-corrected chi connectivity index (χ1v) is 7.42. The molecule has 0 spiro atoms. The molecule has 0 saturated carbocycles. The summed E-state index contributed by atoms with van der Waals surface area (Å²) in [4.78, 5) is 16.4. The van der Waals surface area contributed by atoms with Gasteiger partial charge in [-0.1, -0.05) is 6.07 Å². The maximum Gasteiger partial charge on any atom is 0.231 e. The van der Waals surface area contributed by atoms with Gasteiger partial charge in [0.15, 0.2) is 17.3 Å². The Morgan fingerprint density at radius 3 is 2.92 bits per heavy atom. The van der Waals surface area contributed by atoms with Crippen LogP contribution in [0.2, 0.25) is 0 Å². The van der Waals surface area contributed by atoms with Crippen molar-refractivity contribution >= 4 is 11.6 Å². The molecular weight excluding hydrogens is 308 g/mol. The van der Waals surface area contributed by atoms with Crippen molar-refractivity contribution in [1.29, 1.82) is 0 Å². The van der Waals surface area contributed by atoms with Crippen LogP contribution in [0.15, 0.2) is 55.0 Å². The molecule has 0 radical (unpaired) electrons. The number of amides is 1. The van der Waals surface area contributed by atoms with Crippen LogP contribution in [0.25, 0.3) is 5.82 Å². The fourth-order valence-electron chi connectivity index (χ4n) is 2.44. The maximum atomic E-state index is 12.2. The van der Waals surface area contributed by atoms with E-state index in [1.54, 1.807) is 35.4 Å². The number of fused-ring (bicyclic) bond motifs is 1. The highest BCUT2D eigenvalue weighted by molar-refractivity contribution is 5.92. The second kappa shape index (κ2) is 6.04. The molecule has 1 N–H and O–H groups in total. The molecule has 0 bridgehead atoms. The monoisotopic (exact) mass is 322 g/mol. The zero-order chi connectivity index (χ0) is 16.4. The van der Waals surface area contributed by atoms with Crippen molar-refractivity contribution in [2.24, 2.45) is 0 Å². The molecule has 1 aliphatic rings. The van der Waals surface area contributed by atoms with Crippen molar-refractivity contribution < 1.29 is 14.3 Å². The van der Waals surface area contributed by atoms with Gasteiger partial charge in [-0.25, -0.2) is 9.67 Å². The second-order valence-electron chi connectivity index (χ2n) is 5.27. The topological polar surface area (TPSA) is 78.3 Å². The minimum Gasteiger partial charge on any atom is -0.454 e. The average molecular weight is 322 g/mol. The molecule has 0 aliphatic carbocycles. The first-order valence-electron chi connectivity index (χ1n) is 7.42. The molecular formula is C17H14N4O3. The van der Waals surface area contributed by atoms with Gasteiger partial charge in [0.2, 0.25) is 12.7 Å². The molecule has 1 aliphatic heterocycles. The third-order valence-corrected chi connectivity index (χ3v) is 3.57. The SMILES string of the molecule is O=C(Cc1ccc2c(c1)OCO2)Nc1ccc(-n2cccn2)nc1. The number of nitrogens with one attached hydrogen (secondary N) is 1. The molecule has 3 heterocycles. The van der Waals surface area contributed by atoms with Crippen LogP contribution in [0.1, 0.15) is 5.56 Å². The standard InChI is InChI=1S/C17H14N4O3/c22-17(9-12-2-4-14-15(8-12)24-11-23-14)20-13-3-5-16(18-10-13)21-7-1-6-19-21/h1-8,10H,9,11H2,(H,20,22). The maximum absolute atomic E-state index is 12.2. The van der Waals surface area contributed by atoms with Crippen molar-refractivity contribution in [1.82, 2.24) is 14.8 Å². The van der Waals surface area contributed by atoms with Gasteiger partial charge in [0, 0.05) is 12.4 Å². The fraction of sp³-hybridized carbons (Fsp3) is 0.118. The van der Waals surface area contributed by atoms with Gasteiger partial charge >= 0.3 is 0 Å². The largest absolute Gasteiger partial charge is 0.454 e. The van der Waals surface area contributed by atoms with Crippen LogP contribution < -0.4 is 14.8 Å². The summed E-state index contributed by atoms with van der Waals surface area (Å²) in [6.07, 6.45) is 5.34. The number of carbonyl (C=O) groups is 1. The number of pyridine rings is 1. The molecule has 4 rings (SSSR count). The smallest absolute Gasteiger partial charge is 0.231 e. The predicted octanol–water partition coefficient (Wildman–Crippen LogP) is 2.18. The molecule has 7 nitrogen and oxygen atoms in total. The first kappa shape index (κ1) is 14.3. The van der Waals surface area contributed by atoms with Crippen molar-refractivity contribution in [3.05, 3.63) is 60.6 Å². The van der Waals surface area contributed by atoms with Gasteiger partial charge in [-0.15, -0.1) is 0 Å². The normalized spacial score (nSPS) is 12.2. The molecule has 2 aromatic heterocycles. The van der Waals surface area contributed by atoms with E-state index in [1.165, 1.54) is 0 Å². The lowest BCUT2D eigenvalue weighted by Crippen LogP contribution is -2.14. The quantitative estimate of drug-likeness (QED) is 0.796. The Hall–Kier alpha value is -3.35. The molecule has 1 amide bonds. The predicted molar refractivity (Wildman–Crippen MR) is 86.3 cm³/mol. The van der Waals surface area contributed by atoms with Crippen LogP contribution in [0.4, 0.5) is 5.69 Å². The Morgan fingerprint density at radius 2 is 2.12 bits per heavy atom. The second-order valence-corrected chi connectivity index (χ2v) is 5.27. The fourth-order valence-corrected chi connectivity index (χ4v) is 2.44. The Kier molecular flexibility index (Phi) is 3.59. The highest BCUT2D eigenvalue weighted by Crippen LogP contribution is 2.32. The van der Waals surface area contributed by atoms with E-state index >= 15 is 0 Å². The van der Waals surface area contributed by atoms with Crippen molar-refractivity contribution in [2.45, 2.75) is 6.42 Å². The third kappa shape index (κ3) is 2.91. The van der Waals surface area contributed by atoms with Crippen LogP contribution in [-0.2, 0) is 11.2 Å². The van der Waals surface area contributed by atoms with Crippen molar-refractivity contribution in [3.8, 4) is 17.3 Å². The van der Waals surface area contributed by atoms with E-state index in [9.17, 15) is 4.79 Å². The summed E-state index contributed by atoms with van der Waals surface area (Å²) in [5.41, 5.74) is 1.49. The molecule has 7 heteroatoms. The number of hydrogen-bond acceptors (Lipinski definition) is 5. The number of anilines is 1. The van der Waals surface area contributed by atoms with Gasteiger partial charge in [0.05, 0.1) is 18.3 Å². The summed E-state index contributed by atoms with van der Waals surface area (Å²) in [6.45, 7) is 0.221. The first-order chi connectivity index (χ1) is 11.8. The number of hydrogen-bond donors (Lipinski definition) is 1. The Labute approximate surface area is 137 Å². The lowest BCUT2D eigenvalue weighted by molar-refractivity contribution is -0.115. The van der Waals surface area contributed by atoms with Crippen LogP contribution in [0.3, 0.4) is 0 Å². The number of ether oxygens (including phenoxy) is 2. The molecule has 0 fully saturated rings. The van der Waals surface area contributed by atoms with E-state index in [0.717, 1.165) is 5.56 Å². The molecule has 0 atom stereocenters. The lowest BCUT2D eigenvalue weighted by Gasteiger charge is -2.07. The summed E-state index contributed by atoms with van der Waals surface area (Å²) >= 11 is 0. The summed E-state index contributed by atoms with van der Waals surface area (Å²) < 4.78 is 12.2. The summed E-state index contributed by atoms with van der Waals surface area (Å²) in [7, 11) is 0. The van der Waals surface area contributed by atoms with E-state index in [-0.39, 0.29) is 19.1 Å². The summed E-state index contributed by atoms with van der Waals surface area (Å²) in [6, 6.07) is 10.9. The molecule has 24 heavy (non-hydrogen) atoms. The van der Waals surface area contributed by atoms with Gasteiger partial charge < -0.3 is 14.8 Å². The average Bonchev–Trinajstić information content (AvgIpc) is 3.26. The number of rotatable bonds is 4. The van der Waals surface area contributed by atoms with E-state index in [4.69, 9.17) is 9.47 Å². The van der Waals surface area contributed by atoms with Crippen LogP contribution in [-0.4, -0.2) is 27.5 Å². The van der Waals surface area contributed by atoms with Crippen molar-refractivity contribution in [2.75, 3.05) is 12.1 Å². The third-order valence-electron chi connectivity index (χ3n) is 3.57. The zero-order valence-corrected chi connectivity index (χ0v) is 12.7. The van der Waals surface area contributed by atoms with Crippen LogP contribution in [0, 0.1) is 0 Å². The lowest BCUT2D eigenvalue weighted by atomic mass is 10.1. The number of benzene rings is 1. The highest BCUT2D eigenvalue weighted by Gasteiger charge is 2.14. The zero-order valence-electron chi connectivity index (χ0n) is 12.7. The van der Waals surface area contributed by atoms with E-state index in [1.807, 2.05) is 24.3 Å². The summed E-state index contributed by atoms with van der Waals surface area (Å²) in [5.74, 6) is 1.94. The molecule has 0 unspecified atom stereocenters. The molecule has 3 aromatic rings. The van der Waals surface area contributed by atoms with Gasteiger partial charge in [-0.3, -0.25) is 4.79 Å². The minimum absolute atomic E-state index is 0.123. The Balaban J connectivity index is 1.41. The highest BCUT2D eigenvalue weighted by atomic mass is 16.7. The molecule has 120 valence electrons. The van der Waals surface area contributed by atoms with E-state index in [2.05, 4.69) is 15.4 Å². The Bertz CT molecular complexity index is 860. The number of carbonyl (C=O) groups excluding carboxylic acids is 1. The minimum atomic E-state index is -0.123. The Morgan fingerprint density at radius 1 is 1.21 bits per heavy atom. The molecule has 0 saturated heterocycles. The van der Waals surface area contributed by atoms with E-state index in [0.29, 0.717) is 23.0 Å². The molecule has 1 aromatic carbocycles. The summed E-state index contributed by atoms with van der Waals surface area (Å²) in [5, 5.41) is 6.93. The van der Waals surface area contributed by atoms with Gasteiger partial charge in [-0.05, 0) is 35.9 Å². The van der Waals surface area contributed by atoms with Gasteiger partial charge in [-0.2, -0.15) is 5.10 Å². The number of nitrogens with zero attached hydrogens (tertiary/aromatic N) is 3.